The van der Waals surface area contributed by atoms with Crippen LogP contribution in [-0.4, -0.2) is 28.8 Å². The van der Waals surface area contributed by atoms with E-state index in [9.17, 15) is 14.9 Å². The van der Waals surface area contributed by atoms with Gasteiger partial charge < -0.3 is 10.6 Å². The molecule has 0 aliphatic heterocycles. The maximum atomic E-state index is 12.4. The van der Waals surface area contributed by atoms with Crippen LogP contribution < -0.4 is 5.73 Å². The number of nitro groups is 1. The van der Waals surface area contributed by atoms with E-state index in [-0.39, 0.29) is 28.7 Å². The second-order valence-corrected chi connectivity index (χ2v) is 5.99. The summed E-state index contributed by atoms with van der Waals surface area (Å²) in [7, 11) is 1.72. The molecule has 6 heteroatoms. The molecule has 0 saturated heterocycles. The number of nitro benzene ring substituents is 1. The highest BCUT2D eigenvalue weighted by Gasteiger charge is 2.28. The molecule has 0 saturated carbocycles. The van der Waals surface area contributed by atoms with E-state index in [1.165, 1.54) is 18.2 Å². The highest BCUT2D eigenvalue weighted by Crippen LogP contribution is 2.26. The third-order valence-electron chi connectivity index (χ3n) is 3.63. The molecule has 1 amide bonds. The largest absolute Gasteiger partial charge is 0.393 e. The van der Waals surface area contributed by atoms with Crippen molar-refractivity contribution in [3.8, 4) is 0 Å². The molecule has 0 bridgehead atoms. The van der Waals surface area contributed by atoms with E-state index >= 15 is 0 Å². The van der Waals surface area contributed by atoms with Crippen molar-refractivity contribution < 1.29 is 9.72 Å². The van der Waals surface area contributed by atoms with Crippen molar-refractivity contribution in [3.05, 3.63) is 33.9 Å². The predicted octanol–water partition coefficient (Wildman–Crippen LogP) is 2.68. The van der Waals surface area contributed by atoms with Gasteiger partial charge in [0, 0.05) is 24.7 Å². The van der Waals surface area contributed by atoms with Gasteiger partial charge in [0.1, 0.15) is 5.69 Å². The quantitative estimate of drug-likeness (QED) is 0.523. The number of rotatable bonds is 3. The monoisotopic (exact) mass is 279 g/mol. The highest BCUT2D eigenvalue weighted by molar-refractivity contribution is 5.95. The van der Waals surface area contributed by atoms with Gasteiger partial charge in [0.05, 0.1) is 4.92 Å². The van der Waals surface area contributed by atoms with E-state index in [1.807, 2.05) is 27.7 Å². The molecular weight excluding hydrogens is 258 g/mol. The summed E-state index contributed by atoms with van der Waals surface area (Å²) in [5.74, 6) is -0.200. The second kappa shape index (κ2) is 5.48. The third-order valence-corrected chi connectivity index (χ3v) is 3.63. The molecule has 2 N–H and O–H groups in total. The first-order chi connectivity index (χ1) is 9.05. The van der Waals surface area contributed by atoms with Gasteiger partial charge in [-0.2, -0.15) is 0 Å². The van der Waals surface area contributed by atoms with Gasteiger partial charge in [0.15, 0.2) is 0 Å². The Kier molecular flexibility index (Phi) is 4.37. The molecule has 1 atom stereocenters. The van der Waals surface area contributed by atoms with Crippen molar-refractivity contribution in [3.63, 3.8) is 0 Å². The maximum Gasteiger partial charge on any atom is 0.292 e. The number of anilines is 1. The van der Waals surface area contributed by atoms with Crippen molar-refractivity contribution in [2.75, 3.05) is 12.8 Å². The third kappa shape index (κ3) is 3.26. The molecule has 0 aliphatic rings. The fraction of sp³-hybridized carbons (Fsp3) is 0.500. The first-order valence-corrected chi connectivity index (χ1v) is 6.36. The van der Waals surface area contributed by atoms with Gasteiger partial charge in [-0.25, -0.2) is 0 Å². The van der Waals surface area contributed by atoms with Crippen LogP contribution in [0.2, 0.25) is 0 Å². The van der Waals surface area contributed by atoms with E-state index < -0.39 is 4.92 Å². The lowest BCUT2D eigenvalue weighted by Gasteiger charge is -2.35. The zero-order valence-electron chi connectivity index (χ0n) is 12.5. The normalized spacial score (nSPS) is 12.8. The number of benzene rings is 1. The van der Waals surface area contributed by atoms with E-state index in [2.05, 4.69) is 0 Å². The van der Waals surface area contributed by atoms with Crippen LogP contribution in [0.1, 0.15) is 38.1 Å². The van der Waals surface area contributed by atoms with Gasteiger partial charge in [-0.15, -0.1) is 0 Å². The summed E-state index contributed by atoms with van der Waals surface area (Å²) in [6.45, 7) is 8.11. The average molecular weight is 279 g/mol. The molecule has 110 valence electrons. The van der Waals surface area contributed by atoms with Crippen LogP contribution in [0.3, 0.4) is 0 Å². The predicted molar refractivity (Wildman–Crippen MR) is 78.5 cm³/mol. The van der Waals surface area contributed by atoms with E-state index in [4.69, 9.17) is 5.73 Å². The van der Waals surface area contributed by atoms with Crippen LogP contribution in [0.4, 0.5) is 11.4 Å². The molecule has 0 fully saturated rings. The lowest BCUT2D eigenvalue weighted by molar-refractivity contribution is -0.383. The number of carbonyl (C=O) groups is 1. The summed E-state index contributed by atoms with van der Waals surface area (Å²) < 4.78 is 0. The Bertz CT molecular complexity index is 535. The van der Waals surface area contributed by atoms with Crippen LogP contribution in [0.25, 0.3) is 0 Å². The van der Waals surface area contributed by atoms with Crippen molar-refractivity contribution in [2.24, 2.45) is 5.41 Å². The summed E-state index contributed by atoms with van der Waals surface area (Å²) in [6, 6.07) is 4.07. The number of hydrogen-bond donors (Lipinski definition) is 1. The molecule has 0 aliphatic carbocycles. The molecule has 1 rings (SSSR count). The van der Waals surface area contributed by atoms with Gasteiger partial charge >= 0.3 is 0 Å². The number of hydrogen-bond acceptors (Lipinski definition) is 4. The molecular formula is C14H21N3O3. The molecule has 0 spiro atoms. The number of nitrogens with two attached hydrogens (primary N) is 1. The molecule has 0 heterocycles. The first-order valence-electron chi connectivity index (χ1n) is 6.36. The van der Waals surface area contributed by atoms with Gasteiger partial charge in [0.2, 0.25) is 0 Å². The van der Waals surface area contributed by atoms with Crippen molar-refractivity contribution in [1.29, 1.82) is 0 Å². The molecule has 6 nitrogen and oxygen atoms in total. The minimum atomic E-state index is -0.564. The summed E-state index contributed by atoms with van der Waals surface area (Å²) in [4.78, 5) is 24.1. The molecule has 20 heavy (non-hydrogen) atoms. The van der Waals surface area contributed by atoms with E-state index in [1.54, 1.807) is 11.9 Å². The number of nitrogens with zero attached hydrogens (tertiary/aromatic N) is 2. The van der Waals surface area contributed by atoms with E-state index in [0.29, 0.717) is 5.56 Å². The Balaban J connectivity index is 3.04. The van der Waals surface area contributed by atoms with Crippen molar-refractivity contribution in [1.82, 2.24) is 4.90 Å². The van der Waals surface area contributed by atoms with Crippen LogP contribution in [0.5, 0.6) is 0 Å². The molecule has 1 unspecified atom stereocenters. The number of nitrogen functional groups attached to an aromatic ring is 1. The molecule has 1 aromatic carbocycles. The summed E-state index contributed by atoms with van der Waals surface area (Å²) in [6.07, 6.45) is 0. The minimum Gasteiger partial charge on any atom is -0.393 e. The SMILES string of the molecule is CC(N(C)C(=O)c1ccc([N+](=O)[O-])c(N)c1)C(C)(C)C. The lowest BCUT2D eigenvalue weighted by Crippen LogP contribution is -2.42. The summed E-state index contributed by atoms with van der Waals surface area (Å²) in [5, 5.41) is 10.7. The Morgan fingerprint density at radius 2 is 1.95 bits per heavy atom. The van der Waals surface area contributed by atoms with Gasteiger partial charge in [-0.3, -0.25) is 14.9 Å². The maximum absolute atomic E-state index is 12.4. The Labute approximate surface area is 118 Å². The smallest absolute Gasteiger partial charge is 0.292 e. The average Bonchev–Trinajstić information content (AvgIpc) is 2.34. The highest BCUT2D eigenvalue weighted by atomic mass is 16.6. The topological polar surface area (TPSA) is 89.5 Å². The van der Waals surface area contributed by atoms with Crippen LogP contribution in [-0.2, 0) is 0 Å². The van der Waals surface area contributed by atoms with E-state index in [0.717, 1.165) is 0 Å². The van der Waals surface area contributed by atoms with Gasteiger partial charge in [0.25, 0.3) is 11.6 Å². The van der Waals surface area contributed by atoms with Crippen LogP contribution >= 0.6 is 0 Å². The molecule has 0 radical (unpaired) electrons. The lowest BCUT2D eigenvalue weighted by atomic mass is 9.87. The van der Waals surface area contributed by atoms with Crippen molar-refractivity contribution in [2.45, 2.75) is 33.7 Å². The minimum absolute atomic E-state index is 0.00217. The number of amides is 1. The molecule has 0 aromatic heterocycles. The fourth-order valence-corrected chi connectivity index (χ4v) is 1.81. The van der Waals surface area contributed by atoms with Crippen LogP contribution in [0.15, 0.2) is 18.2 Å². The Hall–Kier alpha value is -2.11. The molecule has 1 aromatic rings. The van der Waals surface area contributed by atoms with Gasteiger partial charge in [-0.05, 0) is 24.5 Å². The summed E-state index contributed by atoms with van der Waals surface area (Å²) >= 11 is 0. The standard InChI is InChI=1S/C14H21N3O3/c1-9(14(2,3)4)16(5)13(18)10-6-7-12(17(19)20)11(15)8-10/h6-9H,15H2,1-5H3. The van der Waals surface area contributed by atoms with Crippen LogP contribution in [0, 0.1) is 15.5 Å². The zero-order valence-corrected chi connectivity index (χ0v) is 12.5. The van der Waals surface area contributed by atoms with Gasteiger partial charge in [-0.1, -0.05) is 20.8 Å². The second-order valence-electron chi connectivity index (χ2n) is 5.99. The Morgan fingerprint density at radius 1 is 1.40 bits per heavy atom. The fourth-order valence-electron chi connectivity index (χ4n) is 1.81. The Morgan fingerprint density at radius 3 is 2.35 bits per heavy atom. The summed E-state index contributed by atoms with van der Waals surface area (Å²) in [5.41, 5.74) is 5.72. The first kappa shape index (κ1) is 15.9. The van der Waals surface area contributed by atoms with Crippen molar-refractivity contribution >= 4 is 17.3 Å². The number of carbonyl (C=O) groups excluding carboxylic acids is 1. The zero-order chi connectivity index (χ0) is 15.7.